The van der Waals surface area contributed by atoms with Crippen LogP contribution in [0, 0.1) is 5.92 Å². The number of rotatable bonds is 8. The van der Waals surface area contributed by atoms with Crippen molar-refractivity contribution in [2.45, 2.75) is 46.1 Å². The summed E-state index contributed by atoms with van der Waals surface area (Å²) in [7, 11) is 1.76. The van der Waals surface area contributed by atoms with Gasteiger partial charge in [-0.15, -0.1) is 11.3 Å². The number of hydrogen-bond donors (Lipinski definition) is 1. The highest BCUT2D eigenvalue weighted by atomic mass is 32.1. The highest BCUT2D eigenvalue weighted by molar-refractivity contribution is 7.10. The second-order valence-electron chi connectivity index (χ2n) is 4.55. The van der Waals surface area contributed by atoms with Crippen molar-refractivity contribution >= 4 is 11.3 Å². The molecule has 1 rings (SSSR count). The van der Waals surface area contributed by atoms with Crippen LogP contribution in [0.25, 0.3) is 0 Å². The molecule has 17 heavy (non-hydrogen) atoms. The van der Waals surface area contributed by atoms with E-state index in [-0.39, 0.29) is 0 Å². The van der Waals surface area contributed by atoms with Crippen LogP contribution in [-0.2, 0) is 0 Å². The van der Waals surface area contributed by atoms with Crippen molar-refractivity contribution in [3.8, 4) is 5.75 Å². The summed E-state index contributed by atoms with van der Waals surface area (Å²) in [6.07, 6.45) is 3.66. The summed E-state index contributed by atoms with van der Waals surface area (Å²) < 4.78 is 5.44. The fourth-order valence-corrected chi connectivity index (χ4v) is 3.25. The topological polar surface area (TPSA) is 21.3 Å². The average Bonchev–Trinajstić information content (AvgIpc) is 2.78. The van der Waals surface area contributed by atoms with Gasteiger partial charge < -0.3 is 10.1 Å². The van der Waals surface area contributed by atoms with Crippen LogP contribution >= 0.6 is 11.3 Å². The Hall–Kier alpha value is -0.540. The van der Waals surface area contributed by atoms with E-state index in [0.717, 1.165) is 12.3 Å². The smallest absolute Gasteiger partial charge is 0.134 e. The molecule has 0 aliphatic heterocycles. The molecule has 0 aliphatic carbocycles. The molecule has 0 fully saturated rings. The molecule has 1 heterocycles. The first-order chi connectivity index (χ1) is 8.24. The van der Waals surface area contributed by atoms with Gasteiger partial charge in [0.15, 0.2) is 0 Å². The van der Waals surface area contributed by atoms with Crippen LogP contribution in [0.5, 0.6) is 5.75 Å². The number of methoxy groups -OCH3 is 1. The van der Waals surface area contributed by atoms with Crippen LogP contribution in [0.2, 0.25) is 0 Å². The monoisotopic (exact) mass is 255 g/mol. The highest BCUT2D eigenvalue weighted by Gasteiger charge is 2.22. The number of hydrogen-bond acceptors (Lipinski definition) is 3. The van der Waals surface area contributed by atoms with E-state index < -0.39 is 0 Å². The van der Waals surface area contributed by atoms with Gasteiger partial charge in [0.05, 0.1) is 12.0 Å². The minimum Gasteiger partial charge on any atom is -0.496 e. The predicted octanol–water partition coefficient (Wildman–Crippen LogP) is 4.23. The van der Waals surface area contributed by atoms with Crippen molar-refractivity contribution in [1.29, 1.82) is 0 Å². The summed E-state index contributed by atoms with van der Waals surface area (Å²) >= 11 is 1.80. The van der Waals surface area contributed by atoms with Crippen LogP contribution in [0.3, 0.4) is 0 Å². The molecule has 0 aromatic carbocycles. The molecule has 2 atom stereocenters. The van der Waals surface area contributed by atoms with Gasteiger partial charge in [0.25, 0.3) is 0 Å². The quantitative estimate of drug-likeness (QED) is 0.750. The van der Waals surface area contributed by atoms with Crippen LogP contribution < -0.4 is 10.1 Å². The standard InChI is InChI=1S/C14H25NOS/c1-5-7-11(3)13(15-9-6-2)14-12(16-4)8-10-17-14/h8,10-11,13,15H,5-7,9H2,1-4H3. The predicted molar refractivity (Wildman–Crippen MR) is 76.0 cm³/mol. The molecule has 2 nitrogen and oxygen atoms in total. The summed E-state index contributed by atoms with van der Waals surface area (Å²) in [5, 5.41) is 5.78. The molecule has 2 unspecified atom stereocenters. The first kappa shape index (κ1) is 14.5. The van der Waals surface area contributed by atoms with E-state index in [0.29, 0.717) is 12.0 Å². The Bertz CT molecular complexity index is 311. The third-order valence-corrected chi connectivity index (χ3v) is 4.07. The van der Waals surface area contributed by atoms with Crippen LogP contribution in [-0.4, -0.2) is 13.7 Å². The van der Waals surface area contributed by atoms with Gasteiger partial charge in [0.1, 0.15) is 5.75 Å². The van der Waals surface area contributed by atoms with Gasteiger partial charge in [-0.3, -0.25) is 0 Å². The van der Waals surface area contributed by atoms with Gasteiger partial charge in [0, 0.05) is 6.04 Å². The van der Waals surface area contributed by atoms with Crippen molar-refractivity contribution in [1.82, 2.24) is 5.32 Å². The van der Waals surface area contributed by atoms with Crippen molar-refractivity contribution in [3.63, 3.8) is 0 Å². The zero-order valence-corrected chi connectivity index (χ0v) is 12.3. The van der Waals surface area contributed by atoms with E-state index in [4.69, 9.17) is 4.74 Å². The number of ether oxygens (including phenoxy) is 1. The van der Waals surface area contributed by atoms with Crippen molar-refractivity contribution < 1.29 is 4.74 Å². The number of thiophene rings is 1. The fraction of sp³-hybridized carbons (Fsp3) is 0.714. The first-order valence-electron chi connectivity index (χ1n) is 6.59. The molecule has 1 N–H and O–H groups in total. The Morgan fingerprint density at radius 2 is 2.12 bits per heavy atom. The lowest BCUT2D eigenvalue weighted by atomic mass is 9.95. The Labute approximate surface area is 109 Å². The summed E-state index contributed by atoms with van der Waals surface area (Å²) in [6, 6.07) is 2.50. The molecule has 98 valence electrons. The molecule has 0 amide bonds. The van der Waals surface area contributed by atoms with E-state index in [2.05, 4.69) is 37.5 Å². The molecule has 1 aromatic rings. The van der Waals surface area contributed by atoms with E-state index in [1.165, 1.54) is 24.1 Å². The molecular weight excluding hydrogens is 230 g/mol. The number of nitrogens with one attached hydrogen (secondary N) is 1. The summed E-state index contributed by atoms with van der Waals surface area (Å²) in [4.78, 5) is 1.35. The highest BCUT2D eigenvalue weighted by Crippen LogP contribution is 2.36. The van der Waals surface area contributed by atoms with Crippen molar-refractivity contribution in [2.75, 3.05) is 13.7 Å². The minimum absolute atomic E-state index is 0.435. The molecule has 3 heteroatoms. The van der Waals surface area contributed by atoms with Crippen LogP contribution in [0.15, 0.2) is 11.4 Å². The molecule has 0 radical (unpaired) electrons. The Morgan fingerprint density at radius 1 is 1.35 bits per heavy atom. The maximum absolute atomic E-state index is 5.44. The van der Waals surface area contributed by atoms with Crippen LogP contribution in [0.1, 0.15) is 51.0 Å². The Kier molecular flexibility index (Phi) is 6.60. The zero-order valence-electron chi connectivity index (χ0n) is 11.5. The van der Waals surface area contributed by atoms with E-state index >= 15 is 0 Å². The SMILES string of the molecule is CCCNC(c1sccc1OC)C(C)CCC. The zero-order chi connectivity index (χ0) is 12.7. The van der Waals surface area contributed by atoms with Crippen molar-refractivity contribution in [2.24, 2.45) is 5.92 Å². The van der Waals surface area contributed by atoms with E-state index in [1.54, 1.807) is 18.4 Å². The minimum atomic E-state index is 0.435. The lowest BCUT2D eigenvalue weighted by molar-refractivity contribution is 0.348. The largest absolute Gasteiger partial charge is 0.496 e. The second kappa shape index (κ2) is 7.72. The van der Waals surface area contributed by atoms with Gasteiger partial charge in [-0.2, -0.15) is 0 Å². The van der Waals surface area contributed by atoms with Gasteiger partial charge in [-0.05, 0) is 36.8 Å². The molecule has 0 saturated heterocycles. The molecule has 0 bridgehead atoms. The molecule has 0 aliphatic rings. The second-order valence-corrected chi connectivity index (χ2v) is 5.50. The maximum atomic E-state index is 5.44. The van der Waals surface area contributed by atoms with Gasteiger partial charge in [0.2, 0.25) is 0 Å². The summed E-state index contributed by atoms with van der Waals surface area (Å²) in [5.74, 6) is 1.69. The normalized spacial score (nSPS) is 14.6. The molecule has 1 aromatic heterocycles. The Morgan fingerprint density at radius 3 is 2.71 bits per heavy atom. The Balaban J connectivity index is 2.81. The summed E-state index contributed by atoms with van der Waals surface area (Å²) in [5.41, 5.74) is 0. The molecule has 0 spiro atoms. The van der Waals surface area contributed by atoms with Crippen molar-refractivity contribution in [3.05, 3.63) is 16.3 Å². The molecular formula is C14H25NOS. The van der Waals surface area contributed by atoms with Gasteiger partial charge in [-0.25, -0.2) is 0 Å². The average molecular weight is 255 g/mol. The lowest BCUT2D eigenvalue weighted by Gasteiger charge is -2.25. The van der Waals surface area contributed by atoms with E-state index in [9.17, 15) is 0 Å². The molecule has 0 saturated carbocycles. The third-order valence-electron chi connectivity index (χ3n) is 3.09. The third kappa shape index (κ3) is 4.00. The van der Waals surface area contributed by atoms with E-state index in [1.807, 2.05) is 0 Å². The van der Waals surface area contributed by atoms with Gasteiger partial charge >= 0.3 is 0 Å². The first-order valence-corrected chi connectivity index (χ1v) is 7.47. The summed E-state index contributed by atoms with van der Waals surface area (Å²) in [6.45, 7) is 7.86. The fourth-order valence-electron chi connectivity index (χ4n) is 2.18. The lowest BCUT2D eigenvalue weighted by Crippen LogP contribution is -2.27. The van der Waals surface area contributed by atoms with Crippen LogP contribution in [0.4, 0.5) is 0 Å². The maximum Gasteiger partial charge on any atom is 0.134 e. The van der Waals surface area contributed by atoms with Gasteiger partial charge in [-0.1, -0.05) is 27.2 Å².